The van der Waals surface area contributed by atoms with E-state index in [9.17, 15) is 8.42 Å². The summed E-state index contributed by atoms with van der Waals surface area (Å²) in [6, 6.07) is 3.34. The molecule has 6 heteroatoms. The number of hydrogen-bond donors (Lipinski definition) is 2. The maximum atomic E-state index is 12.8. The summed E-state index contributed by atoms with van der Waals surface area (Å²) >= 11 is 3.22. The lowest BCUT2D eigenvalue weighted by molar-refractivity contribution is 0.339. The summed E-state index contributed by atoms with van der Waals surface area (Å²) in [4.78, 5) is 0.331. The summed E-state index contributed by atoms with van der Waals surface area (Å²) in [6.07, 6.45) is 1.70. The van der Waals surface area contributed by atoms with Crippen LogP contribution in [0.4, 0.5) is 0 Å². The minimum Gasteiger partial charge on any atom is -0.391 e. The van der Waals surface area contributed by atoms with Crippen molar-refractivity contribution in [2.24, 2.45) is 5.92 Å². The molecule has 0 heterocycles. The van der Waals surface area contributed by atoms with Gasteiger partial charge >= 0.3 is 0 Å². The third-order valence-corrected chi connectivity index (χ3v) is 5.67. The number of benzene rings is 1. The monoisotopic (exact) mass is 389 g/mol. The average Bonchev–Trinajstić information content (AvgIpc) is 2.35. The molecule has 0 unspecified atom stereocenters. The molecular formula is C16H24BrNO3S. The first kappa shape index (κ1) is 19.4. The van der Waals surface area contributed by atoms with Gasteiger partial charge in [-0.25, -0.2) is 13.1 Å². The zero-order valence-corrected chi connectivity index (χ0v) is 16.0. The second-order valence-electron chi connectivity index (χ2n) is 5.89. The average molecular weight is 390 g/mol. The van der Waals surface area contributed by atoms with E-state index in [1.807, 2.05) is 32.9 Å². The number of sulfonamides is 1. The van der Waals surface area contributed by atoms with Crippen LogP contribution in [0.3, 0.4) is 0 Å². The molecule has 0 amide bonds. The highest BCUT2D eigenvalue weighted by molar-refractivity contribution is 9.11. The fourth-order valence-electron chi connectivity index (χ4n) is 2.44. The minimum absolute atomic E-state index is 0.0555. The summed E-state index contributed by atoms with van der Waals surface area (Å²) in [5.41, 5.74) is 2.51. The van der Waals surface area contributed by atoms with E-state index in [4.69, 9.17) is 5.11 Å². The molecule has 0 aliphatic rings. The van der Waals surface area contributed by atoms with Crippen LogP contribution in [0.25, 0.3) is 0 Å². The van der Waals surface area contributed by atoms with Gasteiger partial charge in [-0.2, -0.15) is 0 Å². The van der Waals surface area contributed by atoms with Crippen LogP contribution in [-0.4, -0.2) is 26.2 Å². The Balaban J connectivity index is 3.25. The first-order chi connectivity index (χ1) is 10.1. The first-order valence-electron chi connectivity index (χ1n) is 7.15. The maximum absolute atomic E-state index is 12.8. The van der Waals surface area contributed by atoms with Gasteiger partial charge in [0.25, 0.3) is 0 Å². The highest BCUT2D eigenvalue weighted by Gasteiger charge is 2.24. The van der Waals surface area contributed by atoms with Gasteiger partial charge in [0.05, 0.1) is 11.5 Å². The fourth-order valence-corrected chi connectivity index (χ4v) is 4.51. The molecule has 0 aliphatic carbocycles. The SMILES string of the molecule is Cc1cc(C)c(S(=O)(=O)N[C@@H](C=C(Br)CO)C(C)C)c(C)c1. The summed E-state index contributed by atoms with van der Waals surface area (Å²) in [5.74, 6) is 0.0555. The largest absolute Gasteiger partial charge is 0.391 e. The van der Waals surface area contributed by atoms with E-state index in [2.05, 4.69) is 20.7 Å². The standard InChI is InChI=1S/C16H24BrNO3S/c1-10(2)15(8-14(17)9-19)18-22(20,21)16-12(4)6-11(3)7-13(16)5/h6-8,10,15,18-19H,9H2,1-5H3/t15-/m0/s1. The highest BCUT2D eigenvalue weighted by atomic mass is 79.9. The number of nitrogens with one attached hydrogen (secondary N) is 1. The van der Waals surface area contributed by atoms with Crippen LogP contribution in [0.5, 0.6) is 0 Å². The fraction of sp³-hybridized carbons (Fsp3) is 0.500. The molecule has 22 heavy (non-hydrogen) atoms. The third-order valence-electron chi connectivity index (χ3n) is 3.39. The van der Waals surface area contributed by atoms with Gasteiger partial charge in [0.1, 0.15) is 0 Å². The van der Waals surface area contributed by atoms with E-state index >= 15 is 0 Å². The molecule has 4 nitrogen and oxygen atoms in total. The Labute approximate surface area is 141 Å². The van der Waals surface area contributed by atoms with Crippen LogP contribution >= 0.6 is 15.9 Å². The Morgan fingerprint density at radius 3 is 2.18 bits per heavy atom. The van der Waals surface area contributed by atoms with Crippen molar-refractivity contribution in [2.75, 3.05) is 6.61 Å². The summed E-state index contributed by atoms with van der Waals surface area (Å²) < 4.78 is 28.8. The number of hydrogen-bond acceptors (Lipinski definition) is 3. The van der Waals surface area contributed by atoms with E-state index in [0.717, 1.165) is 16.7 Å². The molecule has 0 spiro atoms. The van der Waals surface area contributed by atoms with Crippen molar-refractivity contribution in [3.05, 3.63) is 39.4 Å². The lowest BCUT2D eigenvalue weighted by Crippen LogP contribution is -2.38. The van der Waals surface area contributed by atoms with Crippen LogP contribution < -0.4 is 4.72 Å². The van der Waals surface area contributed by atoms with Crippen molar-refractivity contribution >= 4 is 26.0 Å². The predicted molar refractivity (Wildman–Crippen MR) is 93.7 cm³/mol. The summed E-state index contributed by atoms with van der Waals surface area (Å²) in [5, 5.41) is 9.11. The van der Waals surface area contributed by atoms with Gasteiger partial charge in [0.2, 0.25) is 10.0 Å². The topological polar surface area (TPSA) is 66.4 Å². The van der Waals surface area contributed by atoms with Crippen molar-refractivity contribution in [3.63, 3.8) is 0 Å². The van der Waals surface area contributed by atoms with Gasteiger partial charge in [-0.1, -0.05) is 53.5 Å². The summed E-state index contributed by atoms with van der Waals surface area (Å²) in [7, 11) is -3.63. The summed E-state index contributed by atoms with van der Waals surface area (Å²) in [6.45, 7) is 9.25. The molecule has 1 atom stereocenters. The van der Waals surface area contributed by atoms with Crippen LogP contribution in [0, 0.1) is 26.7 Å². The number of aryl methyl sites for hydroxylation is 3. The molecule has 0 bridgehead atoms. The molecule has 0 fully saturated rings. The van der Waals surface area contributed by atoms with E-state index in [1.54, 1.807) is 19.9 Å². The Kier molecular flexibility index (Phi) is 6.80. The Morgan fingerprint density at radius 1 is 1.27 bits per heavy atom. The quantitative estimate of drug-likeness (QED) is 0.784. The molecule has 1 aromatic rings. The smallest absolute Gasteiger partial charge is 0.241 e. The van der Waals surface area contributed by atoms with Crippen molar-refractivity contribution < 1.29 is 13.5 Å². The van der Waals surface area contributed by atoms with Gasteiger partial charge in [0, 0.05) is 10.5 Å². The molecule has 0 aliphatic heterocycles. The van der Waals surface area contributed by atoms with Crippen LogP contribution in [0.2, 0.25) is 0 Å². The lowest BCUT2D eigenvalue weighted by Gasteiger charge is -2.21. The van der Waals surface area contributed by atoms with Crippen LogP contribution in [-0.2, 0) is 10.0 Å². The second-order valence-corrected chi connectivity index (χ2v) is 8.56. The normalized spacial score (nSPS) is 14.5. The van der Waals surface area contributed by atoms with E-state index in [1.165, 1.54) is 0 Å². The first-order valence-corrected chi connectivity index (χ1v) is 9.43. The van der Waals surface area contributed by atoms with Crippen molar-refractivity contribution in [3.8, 4) is 0 Å². The molecule has 124 valence electrons. The van der Waals surface area contributed by atoms with Gasteiger partial charge in [-0.15, -0.1) is 0 Å². The highest BCUT2D eigenvalue weighted by Crippen LogP contribution is 2.23. The lowest BCUT2D eigenvalue weighted by atomic mass is 10.1. The molecule has 2 N–H and O–H groups in total. The van der Waals surface area contributed by atoms with Crippen molar-refractivity contribution in [1.29, 1.82) is 0 Å². The number of aliphatic hydroxyl groups excluding tert-OH is 1. The zero-order valence-electron chi connectivity index (χ0n) is 13.6. The van der Waals surface area contributed by atoms with Crippen LogP contribution in [0.15, 0.2) is 27.6 Å². The van der Waals surface area contributed by atoms with Crippen LogP contribution in [0.1, 0.15) is 30.5 Å². The molecule has 0 saturated carbocycles. The molecule has 0 radical (unpaired) electrons. The van der Waals surface area contributed by atoms with E-state index < -0.39 is 16.1 Å². The van der Waals surface area contributed by atoms with E-state index in [0.29, 0.717) is 9.38 Å². The molecular weight excluding hydrogens is 366 g/mol. The number of rotatable bonds is 6. The second kappa shape index (κ2) is 7.73. The minimum atomic E-state index is -3.63. The maximum Gasteiger partial charge on any atom is 0.241 e. The molecule has 0 aromatic heterocycles. The Hall–Kier alpha value is -0.690. The number of aliphatic hydroxyl groups is 1. The zero-order chi connectivity index (χ0) is 17.1. The van der Waals surface area contributed by atoms with E-state index in [-0.39, 0.29) is 12.5 Å². The van der Waals surface area contributed by atoms with Crippen molar-refractivity contribution in [2.45, 2.75) is 45.6 Å². The third kappa shape index (κ3) is 4.91. The molecule has 1 rings (SSSR count). The molecule has 1 aromatic carbocycles. The van der Waals surface area contributed by atoms with Gasteiger partial charge in [-0.3, -0.25) is 0 Å². The van der Waals surface area contributed by atoms with Gasteiger partial charge in [0.15, 0.2) is 0 Å². The molecule has 0 saturated heterocycles. The van der Waals surface area contributed by atoms with Crippen molar-refractivity contribution in [1.82, 2.24) is 4.72 Å². The van der Waals surface area contributed by atoms with Gasteiger partial charge < -0.3 is 5.11 Å². The van der Waals surface area contributed by atoms with Gasteiger partial charge in [-0.05, 0) is 37.8 Å². The number of halogens is 1. The Bertz CT molecular complexity index is 643. The Morgan fingerprint density at radius 2 is 1.77 bits per heavy atom. The predicted octanol–water partition coefficient (Wildman–Crippen LogP) is 3.19.